The Morgan fingerprint density at radius 2 is 2.00 bits per heavy atom. The summed E-state index contributed by atoms with van der Waals surface area (Å²) >= 11 is 5.62. The van der Waals surface area contributed by atoms with E-state index in [1.807, 2.05) is 0 Å². The van der Waals surface area contributed by atoms with Crippen molar-refractivity contribution in [2.24, 2.45) is 0 Å². The molecule has 0 aliphatic carbocycles. The Morgan fingerprint density at radius 1 is 1.41 bits per heavy atom. The van der Waals surface area contributed by atoms with E-state index < -0.39 is 10.3 Å². The van der Waals surface area contributed by atoms with Gasteiger partial charge in [0.1, 0.15) is 5.38 Å². The molecule has 92 valence electrons. The van der Waals surface area contributed by atoms with Crippen molar-refractivity contribution in [2.75, 3.05) is 5.32 Å². The van der Waals surface area contributed by atoms with Crippen molar-refractivity contribution < 1.29 is 9.72 Å². The molecule has 1 atom stereocenters. The maximum absolute atomic E-state index is 11.4. The Bertz CT molecular complexity index is 472. The molecule has 1 aromatic carbocycles. The molecule has 17 heavy (non-hydrogen) atoms. The van der Waals surface area contributed by atoms with Crippen molar-refractivity contribution in [1.82, 2.24) is 0 Å². The number of hydrogen-bond acceptors (Lipinski definition) is 3. The third kappa shape index (κ3) is 3.17. The normalized spacial score (nSPS) is 12.0. The fraction of sp³-hybridized carbons (Fsp3) is 0.364. The number of benzene rings is 1. The molecule has 6 heteroatoms. The SMILES string of the molecule is Cc1cc(C)c([N+](=O)[O-])cc1NC(=O)C(C)Cl. The smallest absolute Gasteiger partial charge is 0.274 e. The van der Waals surface area contributed by atoms with Crippen LogP contribution in [0.1, 0.15) is 18.1 Å². The van der Waals surface area contributed by atoms with Crippen LogP contribution in [0, 0.1) is 24.0 Å². The predicted octanol–water partition coefficient (Wildman–Crippen LogP) is 2.78. The van der Waals surface area contributed by atoms with E-state index in [4.69, 9.17) is 11.6 Å². The average molecular weight is 257 g/mol. The van der Waals surface area contributed by atoms with Gasteiger partial charge in [0.2, 0.25) is 5.91 Å². The van der Waals surface area contributed by atoms with Gasteiger partial charge >= 0.3 is 0 Å². The molecule has 0 saturated carbocycles. The third-order valence-electron chi connectivity index (χ3n) is 2.36. The van der Waals surface area contributed by atoms with Gasteiger partial charge < -0.3 is 5.32 Å². The largest absolute Gasteiger partial charge is 0.324 e. The minimum Gasteiger partial charge on any atom is -0.324 e. The monoisotopic (exact) mass is 256 g/mol. The first-order valence-corrected chi connectivity index (χ1v) is 5.47. The van der Waals surface area contributed by atoms with Crippen molar-refractivity contribution in [3.05, 3.63) is 33.4 Å². The number of aryl methyl sites for hydroxylation is 2. The van der Waals surface area contributed by atoms with Crippen molar-refractivity contribution >= 4 is 28.9 Å². The summed E-state index contributed by atoms with van der Waals surface area (Å²) in [5, 5.41) is 12.6. The Balaban J connectivity index is 3.12. The number of alkyl halides is 1. The minimum absolute atomic E-state index is 0.0203. The number of rotatable bonds is 3. The van der Waals surface area contributed by atoms with Crippen molar-refractivity contribution in [3.8, 4) is 0 Å². The summed E-state index contributed by atoms with van der Waals surface area (Å²) in [7, 11) is 0. The van der Waals surface area contributed by atoms with E-state index in [9.17, 15) is 14.9 Å². The molecule has 0 aromatic heterocycles. The zero-order valence-corrected chi connectivity index (χ0v) is 10.5. The number of anilines is 1. The number of nitrogens with one attached hydrogen (secondary N) is 1. The van der Waals surface area contributed by atoms with E-state index in [1.165, 1.54) is 13.0 Å². The second-order valence-corrected chi connectivity index (χ2v) is 4.47. The van der Waals surface area contributed by atoms with Crippen LogP contribution in [-0.4, -0.2) is 16.2 Å². The molecule has 0 spiro atoms. The Morgan fingerprint density at radius 3 is 2.47 bits per heavy atom. The highest BCUT2D eigenvalue weighted by Gasteiger charge is 2.16. The zero-order valence-electron chi connectivity index (χ0n) is 9.78. The number of nitro groups is 1. The lowest BCUT2D eigenvalue weighted by molar-refractivity contribution is -0.385. The first-order chi connectivity index (χ1) is 7.82. The second-order valence-electron chi connectivity index (χ2n) is 3.82. The van der Waals surface area contributed by atoms with Gasteiger partial charge in [-0.1, -0.05) is 0 Å². The molecule has 0 aliphatic rings. The van der Waals surface area contributed by atoms with Gasteiger partial charge in [0.15, 0.2) is 0 Å². The van der Waals surface area contributed by atoms with Crippen LogP contribution in [0.15, 0.2) is 12.1 Å². The topological polar surface area (TPSA) is 72.2 Å². The standard InChI is InChI=1S/C11H13ClN2O3/c1-6-4-7(2)10(14(16)17)5-9(6)13-11(15)8(3)12/h4-5,8H,1-3H3,(H,13,15). The molecule has 5 nitrogen and oxygen atoms in total. The number of carbonyl (C=O) groups excluding carboxylic acids is 1. The average Bonchev–Trinajstić information content (AvgIpc) is 2.21. The van der Waals surface area contributed by atoms with E-state index in [0.717, 1.165) is 5.56 Å². The highest BCUT2D eigenvalue weighted by atomic mass is 35.5. The summed E-state index contributed by atoms with van der Waals surface area (Å²) in [6.45, 7) is 4.96. The Hall–Kier alpha value is -1.62. The molecule has 0 bridgehead atoms. The molecule has 0 fully saturated rings. The van der Waals surface area contributed by atoms with Crippen LogP contribution in [-0.2, 0) is 4.79 Å². The lowest BCUT2D eigenvalue weighted by atomic mass is 10.1. The summed E-state index contributed by atoms with van der Waals surface area (Å²) in [6, 6.07) is 3.01. The van der Waals surface area contributed by atoms with Crippen LogP contribution >= 0.6 is 11.6 Å². The van der Waals surface area contributed by atoms with Gasteiger partial charge in [0, 0.05) is 11.6 Å². The minimum atomic E-state index is -0.685. The fourth-order valence-electron chi connectivity index (χ4n) is 1.40. The van der Waals surface area contributed by atoms with Gasteiger partial charge in [-0.2, -0.15) is 0 Å². The van der Waals surface area contributed by atoms with Crippen LogP contribution in [0.3, 0.4) is 0 Å². The van der Waals surface area contributed by atoms with Crippen LogP contribution in [0.2, 0.25) is 0 Å². The lowest BCUT2D eigenvalue weighted by Gasteiger charge is -2.10. The molecule has 1 aromatic rings. The van der Waals surface area contributed by atoms with Gasteiger partial charge in [-0.25, -0.2) is 0 Å². The highest BCUT2D eigenvalue weighted by Crippen LogP contribution is 2.26. The Kier molecular flexibility index (Phi) is 4.07. The molecule has 1 unspecified atom stereocenters. The molecule has 0 aliphatic heterocycles. The summed E-state index contributed by atoms with van der Waals surface area (Å²) in [5.41, 5.74) is 1.72. The summed E-state index contributed by atoms with van der Waals surface area (Å²) in [5.74, 6) is -0.382. The van der Waals surface area contributed by atoms with Crippen molar-refractivity contribution in [2.45, 2.75) is 26.1 Å². The van der Waals surface area contributed by atoms with Crippen LogP contribution in [0.4, 0.5) is 11.4 Å². The molecule has 0 saturated heterocycles. The van der Waals surface area contributed by atoms with Crippen molar-refractivity contribution in [3.63, 3.8) is 0 Å². The second kappa shape index (κ2) is 5.14. The van der Waals surface area contributed by atoms with E-state index in [0.29, 0.717) is 11.3 Å². The van der Waals surface area contributed by atoms with Gasteiger partial charge in [-0.05, 0) is 32.4 Å². The van der Waals surface area contributed by atoms with Gasteiger partial charge in [-0.3, -0.25) is 14.9 Å². The number of hydrogen-bond donors (Lipinski definition) is 1. The molecular weight excluding hydrogens is 244 g/mol. The van der Waals surface area contributed by atoms with Crippen molar-refractivity contribution in [1.29, 1.82) is 0 Å². The number of nitro benzene ring substituents is 1. The van der Waals surface area contributed by atoms with Gasteiger partial charge in [0.05, 0.1) is 10.6 Å². The number of amides is 1. The summed E-state index contributed by atoms with van der Waals surface area (Å²) < 4.78 is 0. The molecule has 0 heterocycles. The summed E-state index contributed by atoms with van der Waals surface area (Å²) in [6.07, 6.45) is 0. The lowest BCUT2D eigenvalue weighted by Crippen LogP contribution is -2.21. The first kappa shape index (κ1) is 13.4. The number of halogens is 1. The maximum Gasteiger partial charge on any atom is 0.274 e. The van der Waals surface area contributed by atoms with Crippen LogP contribution in [0.5, 0.6) is 0 Å². The van der Waals surface area contributed by atoms with E-state index in [1.54, 1.807) is 19.9 Å². The van der Waals surface area contributed by atoms with E-state index in [2.05, 4.69) is 5.32 Å². The number of carbonyl (C=O) groups is 1. The Labute approximate surface area is 104 Å². The third-order valence-corrected chi connectivity index (χ3v) is 2.56. The summed E-state index contributed by atoms with van der Waals surface area (Å²) in [4.78, 5) is 21.7. The van der Waals surface area contributed by atoms with E-state index >= 15 is 0 Å². The molecule has 0 radical (unpaired) electrons. The molecule has 1 amide bonds. The van der Waals surface area contributed by atoms with Gasteiger partial charge in [-0.15, -0.1) is 11.6 Å². The number of nitrogens with zero attached hydrogens (tertiary/aromatic N) is 1. The molecular formula is C11H13ClN2O3. The maximum atomic E-state index is 11.4. The van der Waals surface area contributed by atoms with Crippen LogP contribution < -0.4 is 5.32 Å². The first-order valence-electron chi connectivity index (χ1n) is 5.03. The highest BCUT2D eigenvalue weighted by molar-refractivity contribution is 6.32. The van der Waals surface area contributed by atoms with Gasteiger partial charge in [0.25, 0.3) is 5.69 Å². The molecule has 1 rings (SSSR count). The zero-order chi connectivity index (χ0) is 13.2. The van der Waals surface area contributed by atoms with E-state index in [-0.39, 0.29) is 11.6 Å². The molecule has 1 N–H and O–H groups in total. The predicted molar refractivity (Wildman–Crippen MR) is 66.5 cm³/mol. The fourth-order valence-corrected chi connectivity index (χ4v) is 1.46. The quantitative estimate of drug-likeness (QED) is 0.513. The van der Waals surface area contributed by atoms with Crippen LogP contribution in [0.25, 0.3) is 0 Å².